The average Bonchev–Trinajstić information content (AvgIpc) is 2.43. The zero-order valence-corrected chi connectivity index (χ0v) is 14.4. The molecule has 1 saturated carbocycles. The monoisotopic (exact) mass is 339 g/mol. The van der Waals surface area contributed by atoms with Crippen molar-refractivity contribution in [3.05, 3.63) is 27.2 Å². The first-order chi connectivity index (χ1) is 9.43. The van der Waals surface area contributed by atoms with Crippen LogP contribution < -0.4 is 5.73 Å². The van der Waals surface area contributed by atoms with E-state index in [0.29, 0.717) is 18.2 Å². The Balaban J connectivity index is 2.65. The Kier molecular flexibility index (Phi) is 4.80. The van der Waals surface area contributed by atoms with E-state index in [1.54, 1.807) is 0 Å². The third-order valence-electron chi connectivity index (χ3n) is 4.88. The molecule has 1 aromatic carbocycles. The number of rotatable bonds is 3. The minimum atomic E-state index is -0.0418. The molecule has 3 heteroatoms. The van der Waals surface area contributed by atoms with Gasteiger partial charge in [0.1, 0.15) is 5.75 Å². The van der Waals surface area contributed by atoms with Crippen molar-refractivity contribution in [2.24, 2.45) is 5.73 Å². The van der Waals surface area contributed by atoms with Gasteiger partial charge in [-0.1, -0.05) is 49.0 Å². The summed E-state index contributed by atoms with van der Waals surface area (Å²) in [5.41, 5.74) is 9.39. The van der Waals surface area contributed by atoms with E-state index >= 15 is 0 Å². The first-order valence-corrected chi connectivity index (χ1v) is 8.45. The van der Waals surface area contributed by atoms with Gasteiger partial charge in [0.2, 0.25) is 0 Å². The van der Waals surface area contributed by atoms with Crippen molar-refractivity contribution >= 4 is 15.9 Å². The second-order valence-electron chi connectivity index (χ2n) is 6.50. The summed E-state index contributed by atoms with van der Waals surface area (Å²) in [4.78, 5) is 0. The van der Waals surface area contributed by atoms with Gasteiger partial charge in [-0.25, -0.2) is 0 Å². The standard InChI is InChI=1S/C17H26BrNO/c1-11(2)13-9-14(18)12(3)15(16(13)20)17(10-19)7-5-4-6-8-17/h9,11,20H,4-8,10,19H2,1-3H3. The van der Waals surface area contributed by atoms with Gasteiger partial charge in [0.05, 0.1) is 0 Å². The Hall–Kier alpha value is -0.540. The fourth-order valence-corrected chi connectivity index (χ4v) is 4.07. The quantitative estimate of drug-likeness (QED) is 0.834. The molecule has 3 N–H and O–H groups in total. The summed E-state index contributed by atoms with van der Waals surface area (Å²) >= 11 is 3.67. The number of hydrogen-bond donors (Lipinski definition) is 2. The number of nitrogens with two attached hydrogens (primary N) is 1. The maximum atomic E-state index is 10.8. The molecule has 0 aliphatic heterocycles. The van der Waals surface area contributed by atoms with Crippen molar-refractivity contribution in [3.63, 3.8) is 0 Å². The summed E-state index contributed by atoms with van der Waals surface area (Å²) in [7, 11) is 0. The molecule has 1 aliphatic rings. The Labute approximate surface area is 130 Å². The van der Waals surface area contributed by atoms with Gasteiger partial charge in [0.25, 0.3) is 0 Å². The number of hydrogen-bond acceptors (Lipinski definition) is 2. The van der Waals surface area contributed by atoms with Crippen LogP contribution in [0.3, 0.4) is 0 Å². The van der Waals surface area contributed by atoms with Crippen LogP contribution in [0.4, 0.5) is 0 Å². The van der Waals surface area contributed by atoms with E-state index in [4.69, 9.17) is 5.73 Å². The first kappa shape index (κ1) is 15.8. The molecule has 0 amide bonds. The van der Waals surface area contributed by atoms with E-state index in [1.807, 2.05) is 0 Å². The van der Waals surface area contributed by atoms with Crippen molar-refractivity contribution in [1.82, 2.24) is 0 Å². The summed E-state index contributed by atoms with van der Waals surface area (Å²) in [6, 6.07) is 2.06. The lowest BCUT2D eigenvalue weighted by molar-refractivity contribution is 0.288. The fraction of sp³-hybridized carbons (Fsp3) is 0.647. The van der Waals surface area contributed by atoms with Crippen LogP contribution in [0.15, 0.2) is 10.5 Å². The molecule has 0 spiro atoms. The molecule has 0 bridgehead atoms. The summed E-state index contributed by atoms with van der Waals surface area (Å²) < 4.78 is 1.09. The number of phenols is 1. The second-order valence-corrected chi connectivity index (χ2v) is 7.35. The van der Waals surface area contributed by atoms with Crippen LogP contribution in [0.2, 0.25) is 0 Å². The highest BCUT2D eigenvalue weighted by atomic mass is 79.9. The van der Waals surface area contributed by atoms with Crippen molar-refractivity contribution in [2.45, 2.75) is 64.2 Å². The SMILES string of the molecule is Cc1c(Br)cc(C(C)C)c(O)c1C1(CN)CCCCC1. The lowest BCUT2D eigenvalue weighted by atomic mass is 9.67. The molecular formula is C17H26BrNO. The van der Waals surface area contributed by atoms with Crippen LogP contribution in [-0.4, -0.2) is 11.7 Å². The van der Waals surface area contributed by atoms with Gasteiger partial charge in [-0.3, -0.25) is 0 Å². The maximum Gasteiger partial charge on any atom is 0.123 e. The predicted molar refractivity (Wildman–Crippen MR) is 88.5 cm³/mol. The molecule has 1 aliphatic carbocycles. The average molecular weight is 340 g/mol. The highest BCUT2D eigenvalue weighted by Crippen LogP contribution is 2.47. The minimum absolute atomic E-state index is 0.0418. The molecule has 0 saturated heterocycles. The Bertz CT molecular complexity index is 490. The van der Waals surface area contributed by atoms with Gasteiger partial charge in [-0.15, -0.1) is 0 Å². The van der Waals surface area contributed by atoms with Gasteiger partial charge < -0.3 is 10.8 Å². The molecule has 1 fully saturated rings. The van der Waals surface area contributed by atoms with Crippen LogP contribution in [0.25, 0.3) is 0 Å². The minimum Gasteiger partial charge on any atom is -0.507 e. The van der Waals surface area contributed by atoms with Gasteiger partial charge >= 0.3 is 0 Å². The summed E-state index contributed by atoms with van der Waals surface area (Å²) in [6.45, 7) is 6.96. The van der Waals surface area contributed by atoms with E-state index < -0.39 is 0 Å². The molecule has 0 atom stereocenters. The van der Waals surface area contributed by atoms with E-state index in [9.17, 15) is 5.11 Å². The molecule has 0 aromatic heterocycles. The Morgan fingerprint density at radius 2 is 1.90 bits per heavy atom. The van der Waals surface area contributed by atoms with Crippen molar-refractivity contribution in [2.75, 3.05) is 6.54 Å². The normalized spacial score (nSPS) is 18.5. The summed E-state index contributed by atoms with van der Waals surface area (Å²) in [5, 5.41) is 10.8. The molecule has 2 rings (SSSR count). The van der Waals surface area contributed by atoms with Crippen LogP contribution in [0, 0.1) is 6.92 Å². The largest absolute Gasteiger partial charge is 0.507 e. The Morgan fingerprint density at radius 3 is 2.40 bits per heavy atom. The smallest absolute Gasteiger partial charge is 0.123 e. The van der Waals surface area contributed by atoms with Gasteiger partial charge in [0, 0.05) is 22.0 Å². The lowest BCUT2D eigenvalue weighted by Gasteiger charge is -2.39. The number of aromatic hydroxyl groups is 1. The number of halogens is 1. The van der Waals surface area contributed by atoms with Gasteiger partial charge in [-0.05, 0) is 42.9 Å². The van der Waals surface area contributed by atoms with E-state index in [0.717, 1.165) is 34.0 Å². The van der Waals surface area contributed by atoms with Gasteiger partial charge in [-0.2, -0.15) is 0 Å². The molecule has 20 heavy (non-hydrogen) atoms. The van der Waals surface area contributed by atoms with Crippen LogP contribution in [0.1, 0.15) is 68.6 Å². The van der Waals surface area contributed by atoms with E-state index in [1.165, 1.54) is 19.3 Å². The van der Waals surface area contributed by atoms with Crippen molar-refractivity contribution < 1.29 is 5.11 Å². The molecule has 1 aromatic rings. The summed E-state index contributed by atoms with van der Waals surface area (Å²) in [6.07, 6.45) is 5.88. The highest BCUT2D eigenvalue weighted by molar-refractivity contribution is 9.10. The summed E-state index contributed by atoms with van der Waals surface area (Å²) in [5.74, 6) is 0.789. The molecule has 2 nitrogen and oxygen atoms in total. The van der Waals surface area contributed by atoms with E-state index in [2.05, 4.69) is 42.8 Å². The van der Waals surface area contributed by atoms with Crippen LogP contribution in [0.5, 0.6) is 5.75 Å². The number of phenolic OH excluding ortho intramolecular Hbond substituents is 1. The van der Waals surface area contributed by atoms with Crippen molar-refractivity contribution in [3.8, 4) is 5.75 Å². The third kappa shape index (κ3) is 2.62. The Morgan fingerprint density at radius 1 is 1.30 bits per heavy atom. The zero-order valence-electron chi connectivity index (χ0n) is 12.8. The second kappa shape index (κ2) is 6.07. The number of benzene rings is 1. The fourth-order valence-electron chi connectivity index (χ4n) is 3.63. The molecule has 0 radical (unpaired) electrons. The third-order valence-corrected chi connectivity index (χ3v) is 5.70. The zero-order chi connectivity index (χ0) is 14.9. The molecular weight excluding hydrogens is 314 g/mol. The maximum absolute atomic E-state index is 10.8. The van der Waals surface area contributed by atoms with Crippen LogP contribution in [-0.2, 0) is 5.41 Å². The van der Waals surface area contributed by atoms with Crippen LogP contribution >= 0.6 is 15.9 Å². The lowest BCUT2D eigenvalue weighted by Crippen LogP contribution is -2.38. The molecule has 0 heterocycles. The first-order valence-electron chi connectivity index (χ1n) is 7.65. The van der Waals surface area contributed by atoms with Gasteiger partial charge in [0.15, 0.2) is 0 Å². The molecule has 112 valence electrons. The molecule has 0 unspecified atom stereocenters. The topological polar surface area (TPSA) is 46.2 Å². The van der Waals surface area contributed by atoms with E-state index in [-0.39, 0.29) is 5.41 Å². The predicted octanol–water partition coefficient (Wildman–Crippen LogP) is 4.75. The highest BCUT2D eigenvalue weighted by Gasteiger charge is 2.37. The van der Waals surface area contributed by atoms with Crippen molar-refractivity contribution in [1.29, 1.82) is 0 Å².